The molecule has 102 valence electrons. The predicted molar refractivity (Wildman–Crippen MR) is 76.2 cm³/mol. The molecule has 0 unspecified atom stereocenters. The number of hydrogen-bond acceptors (Lipinski definition) is 4. The summed E-state index contributed by atoms with van der Waals surface area (Å²) in [6, 6.07) is 0. The number of carbonyl (C=O) groups excluding carboxylic acids is 1. The second-order valence-corrected chi connectivity index (χ2v) is 5.59. The van der Waals surface area contributed by atoms with Crippen molar-refractivity contribution in [1.29, 1.82) is 0 Å². The van der Waals surface area contributed by atoms with Crippen molar-refractivity contribution in [3.8, 4) is 0 Å². The second-order valence-electron chi connectivity index (χ2n) is 4.84. The minimum absolute atomic E-state index is 0.216. The fourth-order valence-electron chi connectivity index (χ4n) is 2.02. The molecule has 4 heteroatoms. The van der Waals surface area contributed by atoms with Crippen LogP contribution in [0.4, 0.5) is 0 Å². The van der Waals surface area contributed by atoms with Crippen LogP contribution in [0.15, 0.2) is 0 Å². The van der Waals surface area contributed by atoms with E-state index >= 15 is 0 Å². The number of ketones is 1. The molecule has 1 aromatic heterocycles. The lowest BCUT2D eigenvalue weighted by Gasteiger charge is -2.01. The quantitative estimate of drug-likeness (QED) is 0.461. The molecule has 0 aliphatic carbocycles. The molecule has 0 saturated heterocycles. The molecule has 0 aliphatic heterocycles. The fraction of sp³-hybridized carbons (Fsp3) is 0.786. The molecule has 1 heterocycles. The first-order valence-corrected chi connectivity index (χ1v) is 7.85. The SMILES string of the molecule is CCCCCCCCCCC(=O)c1snnc1C. The average Bonchev–Trinajstić information content (AvgIpc) is 2.79. The highest BCUT2D eigenvalue weighted by Crippen LogP contribution is 2.15. The van der Waals surface area contributed by atoms with Gasteiger partial charge in [-0.05, 0) is 24.9 Å². The van der Waals surface area contributed by atoms with Crippen LogP contribution in [-0.4, -0.2) is 15.4 Å². The Morgan fingerprint density at radius 1 is 1.06 bits per heavy atom. The number of carbonyl (C=O) groups is 1. The number of Topliss-reactive ketones (excluding diaryl/α,β-unsaturated/α-hetero) is 1. The van der Waals surface area contributed by atoms with E-state index < -0.39 is 0 Å². The Morgan fingerprint density at radius 2 is 1.67 bits per heavy atom. The minimum atomic E-state index is 0.216. The molecule has 0 spiro atoms. The summed E-state index contributed by atoms with van der Waals surface area (Å²) in [6.07, 6.45) is 10.8. The Bertz CT molecular complexity index is 349. The van der Waals surface area contributed by atoms with Gasteiger partial charge in [0.25, 0.3) is 0 Å². The van der Waals surface area contributed by atoms with E-state index in [0.29, 0.717) is 6.42 Å². The third-order valence-corrected chi connectivity index (χ3v) is 4.03. The van der Waals surface area contributed by atoms with E-state index in [-0.39, 0.29) is 5.78 Å². The number of aryl methyl sites for hydroxylation is 1. The monoisotopic (exact) mass is 268 g/mol. The van der Waals surface area contributed by atoms with Crippen LogP contribution in [0.25, 0.3) is 0 Å². The van der Waals surface area contributed by atoms with Crippen molar-refractivity contribution in [3.63, 3.8) is 0 Å². The second kappa shape index (κ2) is 9.20. The lowest BCUT2D eigenvalue weighted by molar-refractivity contribution is 0.0982. The number of aromatic nitrogens is 2. The number of unbranched alkanes of at least 4 members (excludes halogenated alkanes) is 7. The zero-order valence-electron chi connectivity index (χ0n) is 11.6. The third-order valence-electron chi connectivity index (χ3n) is 3.16. The van der Waals surface area contributed by atoms with Crippen LogP contribution in [-0.2, 0) is 0 Å². The molecule has 3 nitrogen and oxygen atoms in total. The predicted octanol–water partition coefficient (Wildman–Crippen LogP) is 4.56. The van der Waals surface area contributed by atoms with Gasteiger partial charge in [0.2, 0.25) is 0 Å². The standard InChI is InChI=1S/C14H24N2OS/c1-3-4-5-6-7-8-9-10-11-13(17)14-12(2)15-16-18-14/h3-11H2,1-2H3. The molecule has 1 rings (SSSR count). The summed E-state index contributed by atoms with van der Waals surface area (Å²) < 4.78 is 3.80. The van der Waals surface area contributed by atoms with Gasteiger partial charge >= 0.3 is 0 Å². The maximum atomic E-state index is 11.8. The molecular formula is C14H24N2OS. The van der Waals surface area contributed by atoms with Crippen LogP contribution in [0.3, 0.4) is 0 Å². The van der Waals surface area contributed by atoms with Crippen LogP contribution in [0.5, 0.6) is 0 Å². The Morgan fingerprint density at radius 3 is 2.22 bits per heavy atom. The first-order chi connectivity index (χ1) is 8.75. The maximum Gasteiger partial charge on any atom is 0.176 e. The summed E-state index contributed by atoms with van der Waals surface area (Å²) in [5, 5.41) is 3.87. The summed E-state index contributed by atoms with van der Waals surface area (Å²) in [7, 11) is 0. The Hall–Kier alpha value is -0.770. The first-order valence-electron chi connectivity index (χ1n) is 7.08. The van der Waals surface area contributed by atoms with Crippen molar-refractivity contribution < 1.29 is 4.79 Å². The van der Waals surface area contributed by atoms with Gasteiger partial charge in [-0.3, -0.25) is 4.79 Å². The van der Waals surface area contributed by atoms with Crippen LogP contribution < -0.4 is 0 Å². The van der Waals surface area contributed by atoms with E-state index in [2.05, 4.69) is 16.5 Å². The van der Waals surface area contributed by atoms with Crippen LogP contribution in [0.2, 0.25) is 0 Å². The molecule has 0 N–H and O–H groups in total. The molecule has 0 aromatic carbocycles. The molecular weight excluding hydrogens is 244 g/mol. The summed E-state index contributed by atoms with van der Waals surface area (Å²) >= 11 is 1.22. The topological polar surface area (TPSA) is 42.9 Å². The molecule has 0 bridgehead atoms. The van der Waals surface area contributed by atoms with Crippen molar-refractivity contribution in [3.05, 3.63) is 10.6 Å². The first kappa shape index (κ1) is 15.3. The van der Waals surface area contributed by atoms with Gasteiger partial charge in [-0.1, -0.05) is 56.4 Å². The van der Waals surface area contributed by atoms with Crippen molar-refractivity contribution in [2.24, 2.45) is 0 Å². The van der Waals surface area contributed by atoms with Gasteiger partial charge in [-0.15, -0.1) is 5.10 Å². The van der Waals surface area contributed by atoms with Gasteiger partial charge in [-0.25, -0.2) is 0 Å². The Labute approximate surface area is 114 Å². The highest BCUT2D eigenvalue weighted by atomic mass is 32.1. The Kier molecular flexibility index (Phi) is 7.81. The zero-order chi connectivity index (χ0) is 13.2. The van der Waals surface area contributed by atoms with E-state index in [1.54, 1.807) is 0 Å². The average molecular weight is 268 g/mol. The molecule has 18 heavy (non-hydrogen) atoms. The molecule has 0 aliphatic rings. The van der Waals surface area contributed by atoms with Crippen LogP contribution in [0.1, 0.15) is 80.1 Å². The molecule has 0 radical (unpaired) electrons. The molecule has 0 atom stereocenters. The summed E-state index contributed by atoms with van der Waals surface area (Å²) in [5.74, 6) is 0.216. The molecule has 0 saturated carbocycles. The summed E-state index contributed by atoms with van der Waals surface area (Å²) in [5.41, 5.74) is 0.782. The zero-order valence-corrected chi connectivity index (χ0v) is 12.4. The fourth-order valence-corrected chi connectivity index (χ4v) is 2.64. The van der Waals surface area contributed by atoms with Gasteiger partial charge in [0.05, 0.1) is 5.69 Å². The summed E-state index contributed by atoms with van der Waals surface area (Å²) in [4.78, 5) is 12.6. The molecule has 0 amide bonds. The normalized spacial score (nSPS) is 10.8. The van der Waals surface area contributed by atoms with E-state index in [1.807, 2.05) is 6.92 Å². The maximum absolute atomic E-state index is 11.8. The Balaban J connectivity index is 2.01. The smallest absolute Gasteiger partial charge is 0.176 e. The van der Waals surface area contributed by atoms with E-state index in [9.17, 15) is 4.79 Å². The van der Waals surface area contributed by atoms with E-state index in [4.69, 9.17) is 0 Å². The van der Waals surface area contributed by atoms with Gasteiger partial charge in [0.15, 0.2) is 5.78 Å². The number of rotatable bonds is 10. The largest absolute Gasteiger partial charge is 0.293 e. The highest BCUT2D eigenvalue weighted by molar-refractivity contribution is 7.08. The van der Waals surface area contributed by atoms with Crippen molar-refractivity contribution in [1.82, 2.24) is 9.59 Å². The summed E-state index contributed by atoms with van der Waals surface area (Å²) in [6.45, 7) is 4.09. The van der Waals surface area contributed by atoms with E-state index in [0.717, 1.165) is 17.0 Å². The molecule has 0 fully saturated rings. The lowest BCUT2D eigenvalue weighted by Crippen LogP contribution is -1.98. The highest BCUT2D eigenvalue weighted by Gasteiger charge is 2.12. The van der Waals surface area contributed by atoms with E-state index in [1.165, 1.54) is 56.5 Å². The molecule has 1 aromatic rings. The minimum Gasteiger partial charge on any atom is -0.293 e. The van der Waals surface area contributed by atoms with Gasteiger partial charge in [0, 0.05) is 6.42 Å². The lowest BCUT2D eigenvalue weighted by atomic mass is 10.1. The number of hydrogen-bond donors (Lipinski definition) is 0. The van der Waals surface area contributed by atoms with Crippen molar-refractivity contribution in [2.45, 2.75) is 71.6 Å². The third kappa shape index (κ3) is 5.71. The van der Waals surface area contributed by atoms with Crippen LogP contribution in [0, 0.1) is 6.92 Å². The van der Waals surface area contributed by atoms with Gasteiger partial charge in [0.1, 0.15) is 4.88 Å². The van der Waals surface area contributed by atoms with Gasteiger partial charge < -0.3 is 0 Å². The van der Waals surface area contributed by atoms with Gasteiger partial charge in [-0.2, -0.15) is 0 Å². The number of nitrogens with zero attached hydrogens (tertiary/aromatic N) is 2. The van der Waals surface area contributed by atoms with Crippen LogP contribution >= 0.6 is 11.5 Å². The van der Waals surface area contributed by atoms with Crippen molar-refractivity contribution >= 4 is 17.3 Å². The van der Waals surface area contributed by atoms with Crippen molar-refractivity contribution in [2.75, 3.05) is 0 Å².